The van der Waals surface area contributed by atoms with Crippen LogP contribution in [0.2, 0.25) is 0 Å². The van der Waals surface area contributed by atoms with Gasteiger partial charge >= 0.3 is 0 Å². The summed E-state index contributed by atoms with van der Waals surface area (Å²) >= 11 is 0. The molecule has 1 aromatic heterocycles. The molecule has 2 aliphatic heterocycles. The maximum Gasteiger partial charge on any atom is 0.261 e. The van der Waals surface area contributed by atoms with Crippen LogP contribution in [0.4, 0.5) is 33.0 Å². The van der Waals surface area contributed by atoms with Crippen molar-refractivity contribution < 1.29 is 14.3 Å². The van der Waals surface area contributed by atoms with E-state index >= 15 is 0 Å². The standard InChI is InChI=1S/C26H28FN5O2/c1-15-4-3-9-32(13-15)14-17-5-6-19-22(11-17)31-26(34)24-20(7-8-28-25(24)30-19)29-21-12-23(33)16(2)10-18(21)27/h5-8,10-12,15,33H,3-4,9,13-14H2,1-2H3,(H,31,34)(H2,28,29,30)/t15-/m0/s1. The Bertz CT molecular complexity index is 1260. The number of hydrogen-bond donors (Lipinski definition) is 4. The van der Waals surface area contributed by atoms with E-state index in [0.29, 0.717) is 28.7 Å². The zero-order valence-electron chi connectivity index (χ0n) is 19.3. The molecule has 0 radical (unpaired) electrons. The Morgan fingerprint density at radius 1 is 1.18 bits per heavy atom. The molecule has 0 spiro atoms. The molecule has 0 saturated carbocycles. The van der Waals surface area contributed by atoms with E-state index < -0.39 is 5.82 Å². The number of nitrogens with one attached hydrogen (secondary N) is 3. The highest BCUT2D eigenvalue weighted by molar-refractivity contribution is 6.15. The maximum absolute atomic E-state index is 14.5. The van der Waals surface area contributed by atoms with Crippen molar-refractivity contribution in [3.05, 3.63) is 65.1 Å². The summed E-state index contributed by atoms with van der Waals surface area (Å²) < 4.78 is 14.5. The molecule has 2 aromatic carbocycles. The fraction of sp³-hybridized carbons (Fsp3) is 0.308. The molecule has 0 bridgehead atoms. The minimum absolute atomic E-state index is 0.0327. The molecule has 8 heteroatoms. The van der Waals surface area contributed by atoms with Crippen LogP contribution in [0.5, 0.6) is 5.75 Å². The number of aryl methyl sites for hydroxylation is 1. The number of benzene rings is 2. The van der Waals surface area contributed by atoms with Gasteiger partial charge in [0.15, 0.2) is 0 Å². The van der Waals surface area contributed by atoms with Gasteiger partial charge in [0.05, 0.1) is 22.7 Å². The molecule has 1 atom stereocenters. The van der Waals surface area contributed by atoms with E-state index in [9.17, 15) is 14.3 Å². The minimum Gasteiger partial charge on any atom is -0.508 e. The van der Waals surface area contributed by atoms with Crippen LogP contribution < -0.4 is 16.0 Å². The molecule has 3 heterocycles. The quantitative estimate of drug-likeness (QED) is 0.409. The second-order valence-electron chi connectivity index (χ2n) is 9.27. The van der Waals surface area contributed by atoms with Crippen LogP contribution in [-0.2, 0) is 6.54 Å². The summed E-state index contributed by atoms with van der Waals surface area (Å²) in [7, 11) is 0. The molecule has 34 heavy (non-hydrogen) atoms. The van der Waals surface area contributed by atoms with Gasteiger partial charge in [0.25, 0.3) is 5.91 Å². The van der Waals surface area contributed by atoms with Crippen molar-refractivity contribution in [1.82, 2.24) is 9.88 Å². The number of fused-ring (bicyclic) bond motifs is 2. The van der Waals surface area contributed by atoms with Crippen LogP contribution in [-0.4, -0.2) is 34.0 Å². The van der Waals surface area contributed by atoms with Crippen LogP contribution in [0.3, 0.4) is 0 Å². The van der Waals surface area contributed by atoms with Gasteiger partial charge in [-0.3, -0.25) is 9.69 Å². The Kier molecular flexibility index (Phi) is 5.83. The van der Waals surface area contributed by atoms with E-state index in [2.05, 4.69) is 38.8 Å². The van der Waals surface area contributed by atoms with Crippen molar-refractivity contribution in [3.8, 4) is 5.75 Å². The molecule has 1 fully saturated rings. The molecule has 176 valence electrons. The minimum atomic E-state index is -0.525. The van der Waals surface area contributed by atoms with Crippen LogP contribution in [0.1, 0.15) is 41.3 Å². The van der Waals surface area contributed by atoms with Crippen molar-refractivity contribution >= 4 is 34.5 Å². The number of halogens is 1. The second-order valence-corrected chi connectivity index (χ2v) is 9.27. The van der Waals surface area contributed by atoms with Gasteiger partial charge in [-0.2, -0.15) is 0 Å². The van der Waals surface area contributed by atoms with E-state index in [-0.39, 0.29) is 22.9 Å². The lowest BCUT2D eigenvalue weighted by Crippen LogP contribution is -2.33. The zero-order valence-corrected chi connectivity index (χ0v) is 19.3. The summed E-state index contributed by atoms with van der Waals surface area (Å²) in [6.07, 6.45) is 4.03. The number of rotatable bonds is 4. The van der Waals surface area contributed by atoms with E-state index in [4.69, 9.17) is 0 Å². The van der Waals surface area contributed by atoms with Crippen molar-refractivity contribution in [1.29, 1.82) is 0 Å². The fourth-order valence-corrected chi connectivity index (χ4v) is 4.70. The Hall–Kier alpha value is -3.65. The molecule has 1 amide bonds. The summed E-state index contributed by atoms with van der Waals surface area (Å²) in [4.78, 5) is 20.0. The van der Waals surface area contributed by atoms with Crippen molar-refractivity contribution in [3.63, 3.8) is 0 Å². The fourth-order valence-electron chi connectivity index (χ4n) is 4.70. The number of phenolic OH excluding ortho intramolecular Hbond substituents is 1. The average molecular weight is 462 g/mol. The number of anilines is 5. The van der Waals surface area contributed by atoms with Crippen LogP contribution in [0.15, 0.2) is 42.6 Å². The molecule has 5 rings (SSSR count). The normalized spacial score (nSPS) is 17.7. The number of nitrogens with zero attached hydrogens (tertiary/aromatic N) is 2. The van der Waals surface area contributed by atoms with Gasteiger partial charge in [-0.05, 0) is 67.6 Å². The summed E-state index contributed by atoms with van der Waals surface area (Å²) in [5.74, 6) is 0.160. The molecule has 7 nitrogen and oxygen atoms in total. The van der Waals surface area contributed by atoms with Crippen LogP contribution in [0, 0.1) is 18.7 Å². The van der Waals surface area contributed by atoms with E-state index in [1.807, 2.05) is 12.1 Å². The number of phenols is 1. The predicted octanol–water partition coefficient (Wildman–Crippen LogP) is 5.52. The van der Waals surface area contributed by atoms with Crippen molar-refractivity contribution in [2.45, 2.75) is 33.2 Å². The Balaban J connectivity index is 1.42. The van der Waals surface area contributed by atoms with Gasteiger partial charge in [0, 0.05) is 25.4 Å². The van der Waals surface area contributed by atoms with Crippen molar-refractivity contribution in [2.24, 2.45) is 5.92 Å². The van der Waals surface area contributed by atoms with E-state index in [1.165, 1.54) is 25.0 Å². The molecule has 4 N–H and O–H groups in total. The number of pyridine rings is 1. The van der Waals surface area contributed by atoms with Gasteiger partial charge in [0.2, 0.25) is 0 Å². The number of aromatic hydroxyl groups is 1. The number of piperidine rings is 1. The van der Waals surface area contributed by atoms with Crippen LogP contribution >= 0.6 is 0 Å². The van der Waals surface area contributed by atoms with Gasteiger partial charge < -0.3 is 21.1 Å². The highest BCUT2D eigenvalue weighted by Crippen LogP contribution is 2.36. The smallest absolute Gasteiger partial charge is 0.261 e. The maximum atomic E-state index is 14.5. The molecule has 2 aliphatic rings. The first kappa shape index (κ1) is 22.2. The average Bonchev–Trinajstić information content (AvgIpc) is 2.93. The summed E-state index contributed by atoms with van der Waals surface area (Å²) in [6.45, 7) is 6.91. The lowest BCUT2D eigenvalue weighted by molar-refractivity contribution is 0.102. The van der Waals surface area contributed by atoms with E-state index in [1.54, 1.807) is 19.2 Å². The lowest BCUT2D eigenvalue weighted by Gasteiger charge is -2.31. The summed E-state index contributed by atoms with van der Waals surface area (Å²) in [5, 5.41) is 19.2. The SMILES string of the molecule is Cc1cc(F)c(Nc2ccnc3c2C(=O)Nc2cc(CN4CCC[C@H](C)C4)ccc2N3)cc1O. The first-order valence-corrected chi connectivity index (χ1v) is 11.6. The first-order valence-electron chi connectivity index (χ1n) is 11.6. The Labute approximate surface area is 198 Å². The van der Waals surface area contributed by atoms with Gasteiger partial charge in [0.1, 0.15) is 22.9 Å². The molecule has 0 unspecified atom stereocenters. The molecule has 3 aromatic rings. The lowest BCUT2D eigenvalue weighted by atomic mass is 9.99. The number of hydrogen-bond acceptors (Lipinski definition) is 6. The second kappa shape index (κ2) is 8.95. The summed E-state index contributed by atoms with van der Waals surface area (Å²) in [5.41, 5.74) is 3.70. The third-order valence-corrected chi connectivity index (χ3v) is 6.47. The molecular weight excluding hydrogens is 433 g/mol. The molecular formula is C26H28FN5O2. The molecule has 1 saturated heterocycles. The summed E-state index contributed by atoms with van der Waals surface area (Å²) in [6, 6.07) is 10.2. The number of carbonyl (C=O) groups is 1. The van der Waals surface area contributed by atoms with E-state index in [0.717, 1.165) is 30.9 Å². The Morgan fingerprint density at radius 2 is 2.03 bits per heavy atom. The topological polar surface area (TPSA) is 89.5 Å². The first-order chi connectivity index (χ1) is 16.4. The third-order valence-electron chi connectivity index (χ3n) is 6.47. The number of aromatic nitrogens is 1. The highest BCUT2D eigenvalue weighted by Gasteiger charge is 2.25. The van der Waals surface area contributed by atoms with Gasteiger partial charge in [-0.25, -0.2) is 9.37 Å². The van der Waals surface area contributed by atoms with Crippen LogP contribution in [0.25, 0.3) is 0 Å². The zero-order chi connectivity index (χ0) is 23.8. The van der Waals surface area contributed by atoms with Gasteiger partial charge in [-0.1, -0.05) is 13.0 Å². The highest BCUT2D eigenvalue weighted by atomic mass is 19.1. The number of carbonyl (C=O) groups excluding carboxylic acids is 1. The largest absolute Gasteiger partial charge is 0.508 e. The van der Waals surface area contributed by atoms with Crippen molar-refractivity contribution in [2.75, 3.05) is 29.0 Å². The number of likely N-dealkylation sites (tertiary alicyclic amines) is 1. The third kappa shape index (κ3) is 4.41. The molecule has 0 aliphatic carbocycles. The predicted molar refractivity (Wildman–Crippen MR) is 132 cm³/mol. The monoisotopic (exact) mass is 461 g/mol. The van der Waals surface area contributed by atoms with Gasteiger partial charge in [-0.15, -0.1) is 0 Å². The Morgan fingerprint density at radius 3 is 2.85 bits per heavy atom. The number of amides is 1.